The number of carbonyl (C=O) groups is 1. The van der Waals surface area contributed by atoms with Crippen LogP contribution in [0.2, 0.25) is 0 Å². The van der Waals surface area contributed by atoms with Gasteiger partial charge in [0.25, 0.3) is 6.08 Å². The van der Waals surface area contributed by atoms with E-state index in [1.165, 1.54) is 0 Å². The molecule has 0 atom stereocenters. The third kappa shape index (κ3) is 1.52. The number of carbonyl (C=O) groups excluding carboxylic acids is 1. The van der Waals surface area contributed by atoms with Gasteiger partial charge in [0, 0.05) is 13.0 Å². The number of halogens is 2. The number of amides is 1. The molecular weight excluding hydrogens is 140 g/mol. The zero-order valence-corrected chi connectivity index (χ0v) is 5.31. The van der Waals surface area contributed by atoms with E-state index in [-0.39, 0.29) is 5.91 Å². The van der Waals surface area contributed by atoms with Crippen LogP contribution in [0.5, 0.6) is 0 Å². The summed E-state index contributed by atoms with van der Waals surface area (Å²) >= 11 is 0. The summed E-state index contributed by atoms with van der Waals surface area (Å²) in [7, 11) is 0. The number of likely N-dealkylation sites (tertiary alicyclic amines) is 1. The Balaban J connectivity index is 2.56. The molecule has 0 saturated carbocycles. The lowest BCUT2D eigenvalue weighted by molar-refractivity contribution is -0.125. The Kier molecular flexibility index (Phi) is 1.99. The normalized spacial score (nSPS) is 17.8. The van der Waals surface area contributed by atoms with Crippen molar-refractivity contribution in [1.82, 2.24) is 4.90 Å². The molecule has 1 aliphatic rings. The third-order valence-electron chi connectivity index (χ3n) is 1.36. The van der Waals surface area contributed by atoms with E-state index in [1.54, 1.807) is 0 Å². The minimum absolute atomic E-state index is 0.215. The molecule has 0 aromatic carbocycles. The average molecular weight is 147 g/mol. The molecule has 0 aliphatic carbocycles. The number of hydrogen-bond donors (Lipinski definition) is 0. The molecule has 2 nitrogen and oxygen atoms in total. The molecule has 0 bridgehead atoms. The maximum atomic E-state index is 11.5. The topological polar surface area (TPSA) is 20.3 Å². The second-order valence-electron chi connectivity index (χ2n) is 2.11. The molecule has 0 aromatic rings. The van der Waals surface area contributed by atoms with E-state index in [2.05, 4.69) is 0 Å². The zero-order valence-electron chi connectivity index (χ0n) is 5.31. The molecule has 56 valence electrons. The molecule has 1 rings (SSSR count). The lowest BCUT2D eigenvalue weighted by Crippen LogP contribution is -2.17. The van der Waals surface area contributed by atoms with Crippen LogP contribution >= 0.6 is 0 Å². The largest absolute Gasteiger partial charge is 0.314 e. The maximum absolute atomic E-state index is 11.5. The van der Waals surface area contributed by atoms with Crippen LogP contribution in [0.15, 0.2) is 12.3 Å². The van der Waals surface area contributed by atoms with Gasteiger partial charge in [0.05, 0.1) is 6.20 Å². The standard InChI is InChI=1S/C6H7F2NO/c7-5(8)4-9-3-1-2-6(9)10/h4H,1-3H2. The smallest absolute Gasteiger partial charge is 0.286 e. The van der Waals surface area contributed by atoms with Gasteiger partial charge in [-0.2, -0.15) is 8.78 Å². The quantitative estimate of drug-likeness (QED) is 0.548. The summed E-state index contributed by atoms with van der Waals surface area (Å²) in [6.45, 7) is 0.427. The molecule has 0 N–H and O–H groups in total. The summed E-state index contributed by atoms with van der Waals surface area (Å²) in [5.41, 5.74) is 0. The first-order valence-corrected chi connectivity index (χ1v) is 3.02. The van der Waals surface area contributed by atoms with Crippen molar-refractivity contribution in [2.24, 2.45) is 0 Å². The van der Waals surface area contributed by atoms with Gasteiger partial charge in [0.1, 0.15) is 0 Å². The average Bonchev–Trinajstić information content (AvgIpc) is 2.15. The molecule has 4 heteroatoms. The highest BCUT2D eigenvalue weighted by molar-refractivity contribution is 5.79. The van der Waals surface area contributed by atoms with Crippen molar-refractivity contribution in [1.29, 1.82) is 0 Å². The Bertz CT molecular complexity index is 175. The van der Waals surface area contributed by atoms with E-state index in [4.69, 9.17) is 0 Å². The van der Waals surface area contributed by atoms with E-state index in [0.717, 1.165) is 4.90 Å². The second kappa shape index (κ2) is 2.77. The predicted octanol–water partition coefficient (Wildman–Crippen LogP) is 1.35. The van der Waals surface area contributed by atoms with Crippen LogP contribution in [0.3, 0.4) is 0 Å². The molecular formula is C6H7F2NO. The second-order valence-corrected chi connectivity index (χ2v) is 2.11. The fourth-order valence-corrected chi connectivity index (χ4v) is 0.923. The van der Waals surface area contributed by atoms with E-state index < -0.39 is 6.08 Å². The van der Waals surface area contributed by atoms with Crippen LogP contribution in [0, 0.1) is 0 Å². The van der Waals surface area contributed by atoms with Crippen molar-refractivity contribution >= 4 is 5.91 Å². The summed E-state index contributed by atoms with van der Waals surface area (Å²) in [4.78, 5) is 11.7. The Labute approximate surface area is 57.1 Å². The van der Waals surface area contributed by atoms with Crippen LogP contribution in [-0.4, -0.2) is 17.4 Å². The number of nitrogens with zero attached hydrogens (tertiary/aromatic N) is 1. The van der Waals surface area contributed by atoms with Crippen LogP contribution in [-0.2, 0) is 4.79 Å². The van der Waals surface area contributed by atoms with Gasteiger partial charge < -0.3 is 4.90 Å². The number of hydrogen-bond acceptors (Lipinski definition) is 1. The molecule has 0 radical (unpaired) electrons. The first kappa shape index (κ1) is 7.18. The van der Waals surface area contributed by atoms with Crippen LogP contribution < -0.4 is 0 Å². The molecule has 10 heavy (non-hydrogen) atoms. The number of rotatable bonds is 1. The molecule has 0 spiro atoms. The van der Waals surface area contributed by atoms with Crippen molar-refractivity contribution in [2.45, 2.75) is 12.8 Å². The van der Waals surface area contributed by atoms with Gasteiger partial charge in [-0.15, -0.1) is 0 Å². The van der Waals surface area contributed by atoms with Gasteiger partial charge in [-0.25, -0.2) is 0 Å². The summed E-state index contributed by atoms with van der Waals surface area (Å²) in [5, 5.41) is 0. The molecule has 1 saturated heterocycles. The maximum Gasteiger partial charge on any atom is 0.286 e. The molecule has 1 heterocycles. The molecule has 1 aliphatic heterocycles. The molecule has 1 amide bonds. The van der Waals surface area contributed by atoms with Crippen LogP contribution in [0.1, 0.15) is 12.8 Å². The fourth-order valence-electron chi connectivity index (χ4n) is 0.923. The zero-order chi connectivity index (χ0) is 7.56. The first-order chi connectivity index (χ1) is 4.70. The van der Waals surface area contributed by atoms with Gasteiger partial charge >= 0.3 is 0 Å². The molecule has 0 aromatic heterocycles. The summed E-state index contributed by atoms with van der Waals surface area (Å²) in [5.74, 6) is -0.215. The fraction of sp³-hybridized carbons (Fsp3) is 0.500. The van der Waals surface area contributed by atoms with Gasteiger partial charge in [0.2, 0.25) is 5.91 Å². The summed E-state index contributed by atoms with van der Waals surface area (Å²) in [6.07, 6.45) is -0.142. The predicted molar refractivity (Wildman–Crippen MR) is 31.2 cm³/mol. The monoisotopic (exact) mass is 147 g/mol. The molecule has 1 fully saturated rings. The minimum Gasteiger partial charge on any atom is -0.314 e. The van der Waals surface area contributed by atoms with Crippen molar-refractivity contribution < 1.29 is 13.6 Å². The Hall–Kier alpha value is -0.930. The highest BCUT2D eigenvalue weighted by Gasteiger charge is 2.18. The summed E-state index contributed by atoms with van der Waals surface area (Å²) < 4.78 is 23.1. The van der Waals surface area contributed by atoms with Gasteiger partial charge in [-0.1, -0.05) is 0 Å². The summed E-state index contributed by atoms with van der Waals surface area (Å²) in [6, 6.07) is 0. The van der Waals surface area contributed by atoms with Gasteiger partial charge in [0.15, 0.2) is 0 Å². The highest BCUT2D eigenvalue weighted by atomic mass is 19.3. The SMILES string of the molecule is O=C1CCCN1C=C(F)F. The van der Waals surface area contributed by atoms with Crippen molar-refractivity contribution in [2.75, 3.05) is 6.54 Å². The van der Waals surface area contributed by atoms with Gasteiger partial charge in [-0.05, 0) is 6.42 Å². The Morgan fingerprint density at radius 2 is 2.30 bits per heavy atom. The lowest BCUT2D eigenvalue weighted by Gasteiger charge is -2.06. The van der Waals surface area contributed by atoms with Crippen molar-refractivity contribution in [3.05, 3.63) is 12.3 Å². The van der Waals surface area contributed by atoms with E-state index in [9.17, 15) is 13.6 Å². The van der Waals surface area contributed by atoms with E-state index in [0.29, 0.717) is 25.6 Å². The van der Waals surface area contributed by atoms with E-state index >= 15 is 0 Å². The Morgan fingerprint density at radius 1 is 1.60 bits per heavy atom. The van der Waals surface area contributed by atoms with Crippen LogP contribution in [0.25, 0.3) is 0 Å². The third-order valence-corrected chi connectivity index (χ3v) is 1.36. The van der Waals surface area contributed by atoms with Crippen molar-refractivity contribution in [3.8, 4) is 0 Å². The lowest BCUT2D eigenvalue weighted by atomic mass is 10.4. The first-order valence-electron chi connectivity index (χ1n) is 3.02. The van der Waals surface area contributed by atoms with Crippen LogP contribution in [0.4, 0.5) is 8.78 Å². The van der Waals surface area contributed by atoms with E-state index in [1.807, 2.05) is 0 Å². The molecule has 0 unspecified atom stereocenters. The minimum atomic E-state index is -1.81. The van der Waals surface area contributed by atoms with Crippen molar-refractivity contribution in [3.63, 3.8) is 0 Å². The highest BCUT2D eigenvalue weighted by Crippen LogP contribution is 2.12. The van der Waals surface area contributed by atoms with Gasteiger partial charge in [-0.3, -0.25) is 4.79 Å². The Morgan fingerprint density at radius 3 is 2.70 bits per heavy atom.